The van der Waals surface area contributed by atoms with Crippen LogP contribution in [0.15, 0.2) is 4.99 Å². The molecule has 0 spiro atoms. The second-order valence-corrected chi connectivity index (χ2v) is 4.74. The van der Waals surface area contributed by atoms with Gasteiger partial charge in [0.15, 0.2) is 11.4 Å². The van der Waals surface area contributed by atoms with E-state index in [0.717, 1.165) is 0 Å². The zero-order valence-electron chi connectivity index (χ0n) is 7.90. The second-order valence-electron chi connectivity index (χ2n) is 2.46. The highest BCUT2D eigenvalue weighted by molar-refractivity contribution is 8.13. The molecular weight excluding hydrogens is 206 g/mol. The Morgan fingerprint density at radius 3 is 2.85 bits per heavy atom. The molecule has 0 saturated carbocycles. The lowest BCUT2D eigenvalue weighted by Crippen LogP contribution is -2.19. The Kier molecular flexibility index (Phi) is 6.63. The number of thioether (sulfide) groups is 1. The molecule has 0 aromatic carbocycles. The average Bonchev–Trinajstić information content (AvgIpc) is 2.02. The van der Waals surface area contributed by atoms with Gasteiger partial charge in [-0.15, -0.1) is 0 Å². The molecule has 0 aliphatic carbocycles. The van der Waals surface area contributed by atoms with Crippen molar-refractivity contribution in [3.8, 4) is 6.19 Å². The monoisotopic (exact) mass is 219 g/mol. The van der Waals surface area contributed by atoms with Gasteiger partial charge in [0.1, 0.15) is 0 Å². The molecule has 4 nitrogen and oxygen atoms in total. The van der Waals surface area contributed by atoms with Crippen molar-refractivity contribution in [3.63, 3.8) is 0 Å². The van der Waals surface area contributed by atoms with Crippen molar-refractivity contribution in [2.45, 2.75) is 13.0 Å². The molecule has 0 bridgehead atoms. The van der Waals surface area contributed by atoms with Crippen LogP contribution in [0.1, 0.15) is 6.92 Å². The molecule has 13 heavy (non-hydrogen) atoms. The Morgan fingerprint density at radius 1 is 1.85 bits per heavy atom. The van der Waals surface area contributed by atoms with Gasteiger partial charge in [0, 0.05) is 22.8 Å². The summed E-state index contributed by atoms with van der Waals surface area (Å²) in [6.07, 6.45) is 5.27. The van der Waals surface area contributed by atoms with Gasteiger partial charge in [-0.25, -0.2) is 0 Å². The lowest BCUT2D eigenvalue weighted by Gasteiger charge is -2.05. The van der Waals surface area contributed by atoms with E-state index >= 15 is 0 Å². The molecule has 1 N–H and O–H groups in total. The van der Waals surface area contributed by atoms with Gasteiger partial charge in [-0.05, 0) is 13.2 Å². The van der Waals surface area contributed by atoms with Gasteiger partial charge >= 0.3 is 0 Å². The zero-order valence-corrected chi connectivity index (χ0v) is 9.54. The SMILES string of the molecule is CSC(=NC(C)CS(C)=O)NC#N. The molecule has 0 rings (SSSR count). The maximum atomic E-state index is 10.8. The number of nitrogens with zero attached hydrogens (tertiary/aromatic N) is 2. The number of hydrogen-bond acceptors (Lipinski definition) is 4. The number of amidine groups is 1. The molecule has 0 fully saturated rings. The lowest BCUT2D eigenvalue weighted by molar-refractivity contribution is 0.680. The summed E-state index contributed by atoms with van der Waals surface area (Å²) < 4.78 is 10.8. The zero-order chi connectivity index (χ0) is 10.3. The summed E-state index contributed by atoms with van der Waals surface area (Å²) >= 11 is 1.37. The third kappa shape index (κ3) is 6.61. The molecule has 0 aliphatic heterocycles. The molecule has 0 aromatic heterocycles. The van der Waals surface area contributed by atoms with Crippen LogP contribution >= 0.6 is 11.8 Å². The van der Waals surface area contributed by atoms with Crippen LogP contribution in [0.2, 0.25) is 0 Å². The van der Waals surface area contributed by atoms with Crippen LogP contribution in [-0.4, -0.2) is 33.7 Å². The summed E-state index contributed by atoms with van der Waals surface area (Å²) in [7, 11) is -0.845. The van der Waals surface area contributed by atoms with Crippen LogP contribution in [-0.2, 0) is 10.8 Å². The highest BCUT2D eigenvalue weighted by atomic mass is 32.2. The first kappa shape index (κ1) is 12.5. The van der Waals surface area contributed by atoms with Crippen LogP contribution in [0.4, 0.5) is 0 Å². The minimum absolute atomic E-state index is 0.0193. The summed E-state index contributed by atoms with van der Waals surface area (Å²) in [6.45, 7) is 1.87. The largest absolute Gasteiger partial charge is 0.272 e. The van der Waals surface area contributed by atoms with Gasteiger partial charge < -0.3 is 0 Å². The minimum Gasteiger partial charge on any atom is -0.272 e. The topological polar surface area (TPSA) is 65.2 Å². The standard InChI is InChI=1S/C7H13N3OS2/c1-6(4-13(3)11)10-7(12-2)9-5-8/h6H,4H2,1-3H3,(H,9,10). The first-order valence-electron chi connectivity index (χ1n) is 3.67. The Bertz CT molecular complexity index is 247. The summed E-state index contributed by atoms with van der Waals surface area (Å²) in [6, 6.07) is -0.0193. The quantitative estimate of drug-likeness (QED) is 0.326. The van der Waals surface area contributed by atoms with E-state index in [-0.39, 0.29) is 6.04 Å². The molecule has 0 aliphatic rings. The molecule has 2 atom stereocenters. The van der Waals surface area contributed by atoms with Gasteiger partial charge in [0.25, 0.3) is 0 Å². The molecule has 0 radical (unpaired) electrons. The van der Waals surface area contributed by atoms with Gasteiger partial charge in [0.05, 0.1) is 6.04 Å². The first-order valence-corrected chi connectivity index (χ1v) is 6.62. The van der Waals surface area contributed by atoms with Crippen LogP contribution in [0.3, 0.4) is 0 Å². The number of nitrogens with one attached hydrogen (secondary N) is 1. The number of rotatable bonds is 3. The van der Waals surface area contributed by atoms with Gasteiger partial charge in [-0.3, -0.25) is 14.5 Å². The predicted molar refractivity (Wildman–Crippen MR) is 58.1 cm³/mol. The molecule has 0 heterocycles. The van der Waals surface area contributed by atoms with E-state index in [1.165, 1.54) is 11.8 Å². The summed E-state index contributed by atoms with van der Waals surface area (Å²) in [5, 5.41) is 11.4. The van der Waals surface area contributed by atoms with Crippen molar-refractivity contribution in [3.05, 3.63) is 0 Å². The van der Waals surface area contributed by atoms with Gasteiger partial charge in [0.2, 0.25) is 0 Å². The van der Waals surface area contributed by atoms with Gasteiger partial charge in [-0.2, -0.15) is 5.26 Å². The smallest absolute Gasteiger partial charge is 0.183 e. The summed E-state index contributed by atoms with van der Waals surface area (Å²) in [4.78, 5) is 4.18. The van der Waals surface area contributed by atoms with E-state index in [9.17, 15) is 4.21 Å². The Morgan fingerprint density at radius 2 is 2.46 bits per heavy atom. The normalized spacial score (nSPS) is 16.0. The average molecular weight is 219 g/mol. The maximum absolute atomic E-state index is 10.8. The van der Waals surface area contributed by atoms with Crippen molar-refractivity contribution < 1.29 is 4.21 Å². The van der Waals surface area contributed by atoms with Crippen molar-refractivity contribution in [1.82, 2.24) is 5.32 Å². The van der Waals surface area contributed by atoms with Crippen molar-refractivity contribution in [1.29, 1.82) is 5.26 Å². The molecule has 6 heteroatoms. The Hall–Kier alpha value is -0.540. The third-order valence-electron chi connectivity index (χ3n) is 1.17. The van der Waals surface area contributed by atoms with Crippen LogP contribution < -0.4 is 5.32 Å². The van der Waals surface area contributed by atoms with Crippen molar-refractivity contribution in [2.75, 3.05) is 18.3 Å². The van der Waals surface area contributed by atoms with E-state index in [1.54, 1.807) is 12.4 Å². The molecule has 0 aromatic rings. The predicted octanol–water partition coefficient (Wildman–Crippen LogP) is 0.543. The number of nitriles is 1. The second kappa shape index (κ2) is 6.92. The van der Waals surface area contributed by atoms with Crippen LogP contribution in [0.5, 0.6) is 0 Å². The third-order valence-corrected chi connectivity index (χ3v) is 2.72. The highest BCUT2D eigenvalue weighted by Crippen LogP contribution is 1.99. The molecule has 0 saturated heterocycles. The number of aliphatic imine (C=N–C) groups is 1. The van der Waals surface area contributed by atoms with Crippen LogP contribution in [0, 0.1) is 11.5 Å². The van der Waals surface area contributed by atoms with Crippen LogP contribution in [0.25, 0.3) is 0 Å². The minimum atomic E-state index is -0.845. The first-order chi connectivity index (χ1) is 6.10. The van der Waals surface area contributed by atoms with E-state index < -0.39 is 10.8 Å². The molecule has 0 amide bonds. The van der Waals surface area contributed by atoms with Gasteiger partial charge in [-0.1, -0.05) is 11.8 Å². The fraction of sp³-hybridized carbons (Fsp3) is 0.714. The fourth-order valence-electron chi connectivity index (χ4n) is 0.761. The maximum Gasteiger partial charge on any atom is 0.183 e. The highest BCUT2D eigenvalue weighted by Gasteiger charge is 2.03. The summed E-state index contributed by atoms with van der Waals surface area (Å²) in [5.74, 6) is 0.525. The molecule has 74 valence electrons. The fourth-order valence-corrected chi connectivity index (χ4v) is 1.95. The summed E-state index contributed by atoms with van der Waals surface area (Å²) in [5.41, 5.74) is 0. The van der Waals surface area contributed by atoms with E-state index in [0.29, 0.717) is 10.9 Å². The Balaban J connectivity index is 4.16. The molecule has 2 unspecified atom stereocenters. The van der Waals surface area contributed by atoms with Crippen molar-refractivity contribution >= 4 is 27.7 Å². The molecular formula is C7H13N3OS2. The van der Waals surface area contributed by atoms with E-state index in [4.69, 9.17) is 5.26 Å². The lowest BCUT2D eigenvalue weighted by atomic mass is 10.4. The number of hydrogen-bond donors (Lipinski definition) is 1. The van der Waals surface area contributed by atoms with E-state index in [1.807, 2.05) is 13.2 Å². The van der Waals surface area contributed by atoms with E-state index in [2.05, 4.69) is 10.3 Å². The van der Waals surface area contributed by atoms with Crippen molar-refractivity contribution in [2.24, 2.45) is 4.99 Å². The Labute approximate surface area is 85.3 Å².